The van der Waals surface area contributed by atoms with Crippen molar-refractivity contribution in [3.63, 3.8) is 0 Å². The minimum absolute atomic E-state index is 0.0130. The molecule has 6 heteroatoms. The van der Waals surface area contributed by atoms with E-state index in [0.29, 0.717) is 12.4 Å². The molecule has 0 bridgehead atoms. The number of halogens is 1. The Balaban J connectivity index is 2.14. The summed E-state index contributed by atoms with van der Waals surface area (Å²) in [6, 6.07) is 3.68. The van der Waals surface area contributed by atoms with Gasteiger partial charge >= 0.3 is 0 Å². The Kier molecular flexibility index (Phi) is 5.49. The first-order valence-corrected chi connectivity index (χ1v) is 9.85. The van der Waals surface area contributed by atoms with Crippen LogP contribution < -0.4 is 4.74 Å². The predicted octanol–water partition coefficient (Wildman–Crippen LogP) is 3.68. The van der Waals surface area contributed by atoms with Gasteiger partial charge in [-0.05, 0) is 31.9 Å². The number of ether oxygens (including phenoxy) is 1. The topological polar surface area (TPSA) is 56.3 Å². The minimum Gasteiger partial charge on any atom is -0.491 e. The second-order valence-corrected chi connectivity index (χ2v) is 8.75. The number of aryl methyl sites for hydroxylation is 1. The van der Waals surface area contributed by atoms with Crippen LogP contribution in [-0.2, 0) is 9.05 Å². The molecule has 0 atom stereocenters. The molecule has 0 aliphatic heterocycles. The number of hydrogen-bond donors (Lipinski definition) is 0. The van der Waals surface area contributed by atoms with Crippen LogP contribution in [0.25, 0.3) is 0 Å². The van der Waals surface area contributed by atoms with Gasteiger partial charge in [-0.25, -0.2) is 8.42 Å². The summed E-state index contributed by atoms with van der Waals surface area (Å²) in [6.07, 6.45) is 7.76. The second kappa shape index (κ2) is 6.97. The van der Waals surface area contributed by atoms with Gasteiger partial charge in [0.2, 0.25) is 9.05 Å². The van der Waals surface area contributed by atoms with Crippen molar-refractivity contribution in [2.24, 2.45) is 5.41 Å². The fourth-order valence-corrected chi connectivity index (χ4v) is 4.83. The first-order chi connectivity index (χ1) is 9.90. The highest BCUT2D eigenvalue weighted by Gasteiger charge is 2.36. The van der Waals surface area contributed by atoms with Gasteiger partial charge in [-0.1, -0.05) is 25.7 Å². The molecule has 1 aromatic heterocycles. The Labute approximate surface area is 131 Å². The van der Waals surface area contributed by atoms with Gasteiger partial charge in [-0.3, -0.25) is 4.98 Å². The van der Waals surface area contributed by atoms with Gasteiger partial charge < -0.3 is 4.74 Å². The molecule has 0 spiro atoms. The van der Waals surface area contributed by atoms with Crippen molar-refractivity contribution < 1.29 is 13.2 Å². The van der Waals surface area contributed by atoms with Gasteiger partial charge in [0.05, 0.1) is 18.1 Å². The Morgan fingerprint density at radius 2 is 1.95 bits per heavy atom. The predicted molar refractivity (Wildman–Crippen MR) is 84.2 cm³/mol. The van der Waals surface area contributed by atoms with Gasteiger partial charge in [0, 0.05) is 22.3 Å². The molecule has 1 fully saturated rings. The maximum Gasteiger partial charge on any atom is 0.233 e. The Hall–Kier alpha value is -0.810. The molecule has 2 rings (SSSR count). The minimum atomic E-state index is -3.54. The second-order valence-electron chi connectivity index (χ2n) is 5.97. The van der Waals surface area contributed by atoms with Crippen LogP contribution in [-0.4, -0.2) is 25.8 Å². The van der Waals surface area contributed by atoms with Crippen molar-refractivity contribution in [1.82, 2.24) is 4.98 Å². The quantitative estimate of drug-likeness (QED) is 0.610. The smallest absolute Gasteiger partial charge is 0.233 e. The van der Waals surface area contributed by atoms with Crippen LogP contribution in [0.15, 0.2) is 18.3 Å². The van der Waals surface area contributed by atoms with Crippen LogP contribution in [0.3, 0.4) is 0 Å². The molecule has 1 saturated carbocycles. The summed E-state index contributed by atoms with van der Waals surface area (Å²) in [5.74, 6) is 0.703. The van der Waals surface area contributed by atoms with E-state index in [9.17, 15) is 8.42 Å². The summed E-state index contributed by atoms with van der Waals surface area (Å²) >= 11 is 0. The average molecular weight is 332 g/mol. The zero-order chi connectivity index (χ0) is 15.3. The van der Waals surface area contributed by atoms with E-state index in [1.165, 1.54) is 0 Å². The van der Waals surface area contributed by atoms with Crippen LogP contribution >= 0.6 is 10.7 Å². The molecule has 0 saturated heterocycles. The van der Waals surface area contributed by atoms with Gasteiger partial charge in [-0.2, -0.15) is 0 Å². The molecule has 21 heavy (non-hydrogen) atoms. The molecule has 1 aromatic rings. The van der Waals surface area contributed by atoms with Crippen molar-refractivity contribution >= 4 is 19.7 Å². The number of hydrogen-bond acceptors (Lipinski definition) is 4. The Morgan fingerprint density at radius 3 is 2.52 bits per heavy atom. The SMILES string of the molecule is Cc1ncccc1OCC1(CS(=O)(=O)Cl)CCCCCC1. The molecule has 0 aromatic carbocycles. The molecule has 1 aliphatic rings. The molecule has 118 valence electrons. The Morgan fingerprint density at radius 1 is 1.29 bits per heavy atom. The molecular weight excluding hydrogens is 310 g/mol. The molecule has 0 radical (unpaired) electrons. The third-order valence-electron chi connectivity index (χ3n) is 4.14. The normalized spacial score (nSPS) is 19.0. The summed E-state index contributed by atoms with van der Waals surface area (Å²) in [4.78, 5) is 4.19. The van der Waals surface area contributed by atoms with Crippen LogP contribution in [0, 0.1) is 12.3 Å². The van der Waals surface area contributed by atoms with E-state index in [1.54, 1.807) is 6.20 Å². The van der Waals surface area contributed by atoms with Gasteiger partial charge in [0.1, 0.15) is 5.75 Å². The zero-order valence-corrected chi connectivity index (χ0v) is 13.9. The third kappa shape index (κ3) is 5.15. The highest BCUT2D eigenvalue weighted by Crippen LogP contribution is 2.38. The fraction of sp³-hybridized carbons (Fsp3) is 0.667. The van der Waals surface area contributed by atoms with Crippen molar-refractivity contribution in [1.29, 1.82) is 0 Å². The van der Waals surface area contributed by atoms with Gasteiger partial charge in [0.25, 0.3) is 0 Å². The maximum atomic E-state index is 11.6. The van der Waals surface area contributed by atoms with E-state index < -0.39 is 9.05 Å². The lowest BCUT2D eigenvalue weighted by Gasteiger charge is -2.31. The summed E-state index contributed by atoms with van der Waals surface area (Å²) < 4.78 is 29.1. The van der Waals surface area contributed by atoms with Crippen molar-refractivity contribution in [3.8, 4) is 5.75 Å². The first-order valence-electron chi connectivity index (χ1n) is 7.37. The fourth-order valence-electron chi connectivity index (χ4n) is 3.03. The van der Waals surface area contributed by atoms with E-state index in [2.05, 4.69) is 4.98 Å². The van der Waals surface area contributed by atoms with E-state index in [4.69, 9.17) is 15.4 Å². The highest BCUT2D eigenvalue weighted by molar-refractivity contribution is 8.13. The molecular formula is C15H22ClNO3S. The van der Waals surface area contributed by atoms with Gasteiger partial charge in [-0.15, -0.1) is 0 Å². The monoisotopic (exact) mass is 331 g/mol. The molecule has 4 nitrogen and oxygen atoms in total. The van der Waals surface area contributed by atoms with Gasteiger partial charge in [0.15, 0.2) is 0 Å². The molecule has 1 aliphatic carbocycles. The maximum absolute atomic E-state index is 11.6. The van der Waals surface area contributed by atoms with Crippen LogP contribution in [0.2, 0.25) is 0 Å². The lowest BCUT2D eigenvalue weighted by atomic mass is 9.83. The highest BCUT2D eigenvalue weighted by atomic mass is 35.7. The Bertz CT molecular complexity index is 566. The number of nitrogens with zero attached hydrogens (tertiary/aromatic N) is 1. The van der Waals surface area contributed by atoms with Crippen molar-refractivity contribution in [2.45, 2.75) is 45.4 Å². The third-order valence-corrected chi connectivity index (χ3v) is 5.42. The summed E-state index contributed by atoms with van der Waals surface area (Å²) in [6.45, 7) is 2.26. The number of pyridine rings is 1. The molecule has 1 heterocycles. The van der Waals surface area contributed by atoms with E-state index in [-0.39, 0.29) is 11.2 Å². The van der Waals surface area contributed by atoms with E-state index >= 15 is 0 Å². The lowest BCUT2D eigenvalue weighted by molar-refractivity contribution is 0.145. The molecule has 0 amide bonds. The number of aromatic nitrogens is 1. The average Bonchev–Trinajstić information content (AvgIpc) is 2.62. The standard InChI is InChI=1S/C15H22ClNO3S/c1-13-14(7-6-10-17-13)20-11-15(12-21(16,18)19)8-4-2-3-5-9-15/h6-7,10H,2-5,8-9,11-12H2,1H3. The van der Waals surface area contributed by atoms with Crippen molar-refractivity contribution in [3.05, 3.63) is 24.0 Å². The molecule has 0 N–H and O–H groups in total. The van der Waals surface area contributed by atoms with Crippen LogP contribution in [0.5, 0.6) is 5.75 Å². The first kappa shape index (κ1) is 16.6. The summed E-state index contributed by atoms with van der Waals surface area (Å²) in [5.41, 5.74) is 0.439. The number of rotatable bonds is 5. The zero-order valence-electron chi connectivity index (χ0n) is 12.3. The van der Waals surface area contributed by atoms with Crippen LogP contribution in [0.4, 0.5) is 0 Å². The molecule has 0 unspecified atom stereocenters. The largest absolute Gasteiger partial charge is 0.491 e. The lowest BCUT2D eigenvalue weighted by Crippen LogP contribution is -2.34. The van der Waals surface area contributed by atoms with E-state index in [0.717, 1.165) is 44.2 Å². The van der Waals surface area contributed by atoms with E-state index in [1.807, 2.05) is 19.1 Å². The summed E-state index contributed by atoms with van der Waals surface area (Å²) in [7, 11) is 1.99. The van der Waals surface area contributed by atoms with Crippen LogP contribution in [0.1, 0.15) is 44.2 Å². The van der Waals surface area contributed by atoms with Crippen molar-refractivity contribution in [2.75, 3.05) is 12.4 Å². The summed E-state index contributed by atoms with van der Waals surface area (Å²) in [5, 5.41) is 0.